The van der Waals surface area contributed by atoms with Crippen molar-refractivity contribution in [1.29, 1.82) is 0 Å². The molecule has 0 atom stereocenters. The second-order valence-corrected chi connectivity index (χ2v) is 6.02. The number of benzene rings is 1. The number of nitro groups is 1. The number of hydrogen-bond donors (Lipinski definition) is 0. The van der Waals surface area contributed by atoms with Crippen molar-refractivity contribution in [2.45, 2.75) is 30.4 Å². The summed E-state index contributed by atoms with van der Waals surface area (Å²) in [7, 11) is 0. The summed E-state index contributed by atoms with van der Waals surface area (Å²) >= 11 is 1.40. The summed E-state index contributed by atoms with van der Waals surface area (Å²) in [6.07, 6.45) is 0. The van der Waals surface area contributed by atoms with E-state index in [4.69, 9.17) is 0 Å². The van der Waals surface area contributed by atoms with Crippen molar-refractivity contribution >= 4 is 17.4 Å². The number of halogens is 1. The van der Waals surface area contributed by atoms with Crippen LogP contribution in [0.25, 0.3) is 0 Å². The standard InChI is InChI=1S/C10H12FNO2S/c1-10(2,3)15-9-5-7(11)4-8(6-9)12(13)14/h4-6H,1-3H3. The quantitative estimate of drug-likeness (QED) is 0.442. The smallest absolute Gasteiger partial charge is 0.258 e. The Hall–Kier alpha value is -1.10. The van der Waals surface area contributed by atoms with E-state index in [1.165, 1.54) is 23.9 Å². The van der Waals surface area contributed by atoms with Crippen molar-refractivity contribution in [1.82, 2.24) is 0 Å². The normalized spacial score (nSPS) is 11.5. The molecule has 15 heavy (non-hydrogen) atoms. The van der Waals surface area contributed by atoms with Crippen LogP contribution in [-0.2, 0) is 0 Å². The van der Waals surface area contributed by atoms with Crippen molar-refractivity contribution in [2.75, 3.05) is 0 Å². The Morgan fingerprint density at radius 2 is 1.93 bits per heavy atom. The molecule has 82 valence electrons. The van der Waals surface area contributed by atoms with Gasteiger partial charge in [-0.1, -0.05) is 20.8 Å². The van der Waals surface area contributed by atoms with E-state index < -0.39 is 10.7 Å². The molecule has 0 fully saturated rings. The summed E-state index contributed by atoms with van der Waals surface area (Å²) in [5, 5.41) is 10.5. The molecule has 0 heterocycles. The third-order valence-corrected chi connectivity index (χ3v) is 2.57. The SMILES string of the molecule is CC(C)(C)Sc1cc(F)cc([N+](=O)[O-])c1. The van der Waals surface area contributed by atoms with Gasteiger partial charge in [0.15, 0.2) is 0 Å². The van der Waals surface area contributed by atoms with E-state index in [9.17, 15) is 14.5 Å². The maximum absolute atomic E-state index is 13.0. The first-order valence-corrected chi connectivity index (χ1v) is 5.23. The third-order valence-electron chi connectivity index (χ3n) is 1.49. The molecule has 0 amide bonds. The van der Waals surface area contributed by atoms with E-state index in [1.54, 1.807) is 0 Å². The lowest BCUT2D eigenvalue weighted by molar-refractivity contribution is -0.385. The van der Waals surface area contributed by atoms with Crippen molar-refractivity contribution < 1.29 is 9.31 Å². The van der Waals surface area contributed by atoms with Gasteiger partial charge in [0.05, 0.1) is 11.0 Å². The zero-order valence-electron chi connectivity index (χ0n) is 8.78. The van der Waals surface area contributed by atoms with E-state index in [1.807, 2.05) is 20.8 Å². The first-order chi connectivity index (χ1) is 6.78. The van der Waals surface area contributed by atoms with Crippen molar-refractivity contribution in [2.24, 2.45) is 0 Å². The molecule has 0 saturated heterocycles. The van der Waals surface area contributed by atoms with E-state index in [0.717, 1.165) is 6.07 Å². The van der Waals surface area contributed by atoms with Crippen LogP contribution < -0.4 is 0 Å². The number of nitro benzene ring substituents is 1. The maximum Gasteiger partial charge on any atom is 0.273 e. The fourth-order valence-corrected chi connectivity index (χ4v) is 2.12. The van der Waals surface area contributed by atoms with E-state index in [0.29, 0.717) is 4.90 Å². The first-order valence-electron chi connectivity index (χ1n) is 4.42. The van der Waals surface area contributed by atoms with Gasteiger partial charge in [-0.05, 0) is 6.07 Å². The van der Waals surface area contributed by atoms with Crippen molar-refractivity contribution in [3.05, 3.63) is 34.1 Å². The van der Waals surface area contributed by atoms with E-state index in [-0.39, 0.29) is 10.4 Å². The van der Waals surface area contributed by atoms with Crippen LogP contribution in [-0.4, -0.2) is 9.67 Å². The Morgan fingerprint density at radius 3 is 2.40 bits per heavy atom. The average Bonchev–Trinajstić information content (AvgIpc) is 1.99. The minimum Gasteiger partial charge on any atom is -0.258 e. The highest BCUT2D eigenvalue weighted by atomic mass is 32.2. The van der Waals surface area contributed by atoms with Crippen LogP contribution in [0.4, 0.5) is 10.1 Å². The Labute approximate surface area is 91.8 Å². The second kappa shape index (κ2) is 4.18. The van der Waals surface area contributed by atoms with Crippen LogP contribution >= 0.6 is 11.8 Å². The molecular weight excluding hydrogens is 217 g/mol. The summed E-state index contributed by atoms with van der Waals surface area (Å²) in [6.45, 7) is 5.90. The summed E-state index contributed by atoms with van der Waals surface area (Å²) in [4.78, 5) is 10.5. The Balaban J connectivity index is 3.04. The molecule has 0 saturated carbocycles. The molecule has 0 aromatic heterocycles. The minimum absolute atomic E-state index is 0.0956. The number of nitrogens with zero attached hydrogens (tertiary/aromatic N) is 1. The van der Waals surface area contributed by atoms with Gasteiger partial charge in [0.1, 0.15) is 5.82 Å². The molecule has 1 aromatic carbocycles. The monoisotopic (exact) mass is 229 g/mol. The van der Waals surface area contributed by atoms with Gasteiger partial charge in [-0.3, -0.25) is 10.1 Å². The maximum atomic E-state index is 13.0. The van der Waals surface area contributed by atoms with Crippen molar-refractivity contribution in [3.63, 3.8) is 0 Å². The molecule has 1 rings (SSSR count). The summed E-state index contributed by atoms with van der Waals surface area (Å²) in [5.74, 6) is -0.573. The number of rotatable bonds is 2. The van der Waals surface area contributed by atoms with Crippen LogP contribution in [0.5, 0.6) is 0 Å². The lowest BCUT2D eigenvalue weighted by Crippen LogP contribution is -2.06. The topological polar surface area (TPSA) is 43.1 Å². The zero-order chi connectivity index (χ0) is 11.6. The molecule has 5 heteroatoms. The Bertz CT molecular complexity index is 387. The lowest BCUT2D eigenvalue weighted by Gasteiger charge is -2.17. The van der Waals surface area contributed by atoms with Gasteiger partial charge in [-0.2, -0.15) is 0 Å². The van der Waals surface area contributed by atoms with Crippen LogP contribution in [0.3, 0.4) is 0 Å². The highest BCUT2D eigenvalue weighted by Crippen LogP contribution is 2.34. The van der Waals surface area contributed by atoms with Gasteiger partial charge >= 0.3 is 0 Å². The summed E-state index contributed by atoms with van der Waals surface area (Å²) in [6, 6.07) is 3.62. The van der Waals surface area contributed by atoms with Gasteiger partial charge in [0.25, 0.3) is 5.69 Å². The Morgan fingerprint density at radius 1 is 1.33 bits per heavy atom. The van der Waals surface area contributed by atoms with Crippen LogP contribution in [0.1, 0.15) is 20.8 Å². The largest absolute Gasteiger partial charge is 0.273 e. The average molecular weight is 229 g/mol. The summed E-state index contributed by atoms with van der Waals surface area (Å²) in [5.41, 5.74) is -0.207. The molecule has 0 spiro atoms. The number of thioether (sulfide) groups is 1. The van der Waals surface area contributed by atoms with Gasteiger partial charge in [0.2, 0.25) is 0 Å². The summed E-state index contributed by atoms with van der Waals surface area (Å²) < 4.78 is 12.9. The fraction of sp³-hybridized carbons (Fsp3) is 0.400. The predicted octanol–water partition coefficient (Wildman–Crippen LogP) is 3.62. The van der Waals surface area contributed by atoms with Gasteiger partial charge in [-0.25, -0.2) is 4.39 Å². The predicted molar refractivity (Wildman–Crippen MR) is 58.7 cm³/mol. The minimum atomic E-state index is -0.587. The zero-order valence-corrected chi connectivity index (χ0v) is 9.60. The second-order valence-electron chi connectivity index (χ2n) is 4.12. The van der Waals surface area contributed by atoms with Crippen LogP contribution in [0.15, 0.2) is 23.1 Å². The third kappa shape index (κ3) is 3.87. The molecule has 0 aliphatic carbocycles. The van der Waals surface area contributed by atoms with Crippen LogP contribution in [0.2, 0.25) is 0 Å². The molecule has 3 nitrogen and oxygen atoms in total. The lowest BCUT2D eigenvalue weighted by atomic mass is 10.3. The highest BCUT2D eigenvalue weighted by molar-refractivity contribution is 8.00. The molecule has 0 N–H and O–H groups in total. The fourth-order valence-electron chi connectivity index (χ4n) is 1.07. The van der Waals surface area contributed by atoms with Crippen LogP contribution in [0, 0.1) is 15.9 Å². The van der Waals surface area contributed by atoms with E-state index >= 15 is 0 Å². The highest BCUT2D eigenvalue weighted by Gasteiger charge is 2.16. The number of non-ortho nitro benzene ring substituents is 1. The van der Waals surface area contributed by atoms with Gasteiger partial charge in [0, 0.05) is 15.7 Å². The number of hydrogen-bond acceptors (Lipinski definition) is 3. The first kappa shape index (κ1) is 12.0. The van der Waals surface area contributed by atoms with E-state index in [2.05, 4.69) is 0 Å². The molecule has 0 bridgehead atoms. The molecule has 0 aliphatic rings. The Kier molecular flexibility index (Phi) is 3.34. The van der Waals surface area contributed by atoms with Gasteiger partial charge in [-0.15, -0.1) is 11.8 Å². The molecular formula is C10H12FNO2S. The molecule has 1 aromatic rings. The van der Waals surface area contributed by atoms with Gasteiger partial charge < -0.3 is 0 Å². The molecule has 0 radical (unpaired) electrons. The molecule has 0 aliphatic heterocycles. The molecule has 0 unspecified atom stereocenters. The van der Waals surface area contributed by atoms with Crippen molar-refractivity contribution in [3.8, 4) is 0 Å².